The molecule has 0 spiro atoms. The minimum atomic E-state index is 0.455. The van der Waals surface area contributed by atoms with E-state index in [1.165, 1.54) is 0 Å². The molecule has 0 saturated heterocycles. The van der Waals surface area contributed by atoms with Crippen LogP contribution >= 0.6 is 0 Å². The van der Waals surface area contributed by atoms with Crippen molar-refractivity contribution in [1.29, 1.82) is 0 Å². The van der Waals surface area contributed by atoms with E-state index in [-0.39, 0.29) is 0 Å². The third kappa shape index (κ3) is 4.99. The van der Waals surface area contributed by atoms with Gasteiger partial charge in [0, 0.05) is 25.8 Å². The van der Waals surface area contributed by atoms with Crippen LogP contribution in [0.3, 0.4) is 0 Å². The van der Waals surface area contributed by atoms with Crippen molar-refractivity contribution in [3.63, 3.8) is 0 Å². The van der Waals surface area contributed by atoms with Gasteiger partial charge < -0.3 is 15.4 Å². The van der Waals surface area contributed by atoms with Crippen LogP contribution < -0.4 is 10.6 Å². The van der Waals surface area contributed by atoms with Crippen LogP contribution in [0.25, 0.3) is 0 Å². The largest absolute Gasteiger partial charge is 0.374 e. The molecule has 5 nitrogen and oxygen atoms in total. The Morgan fingerprint density at radius 2 is 1.82 bits per heavy atom. The molecule has 0 aliphatic carbocycles. The highest BCUT2D eigenvalue weighted by atomic mass is 16.5. The maximum absolute atomic E-state index is 5.33. The molecule has 1 heterocycles. The summed E-state index contributed by atoms with van der Waals surface area (Å²) in [6, 6.07) is 1.93. The standard InChI is InChI=1S/C12H22N4O/c1-4-7-14-11-8-10(13-5-2)15-12(16-11)9-17-6-3/h8H,4-7,9H2,1-3H3,(H2,13,14,15,16). The fraction of sp³-hybridized carbons (Fsp3) is 0.667. The second-order valence-corrected chi connectivity index (χ2v) is 3.65. The lowest BCUT2D eigenvalue weighted by atomic mass is 10.4. The van der Waals surface area contributed by atoms with Gasteiger partial charge >= 0.3 is 0 Å². The lowest BCUT2D eigenvalue weighted by Gasteiger charge is -2.10. The number of anilines is 2. The predicted octanol–water partition coefficient (Wildman–Crippen LogP) is 2.27. The van der Waals surface area contributed by atoms with Gasteiger partial charge in [-0.25, -0.2) is 9.97 Å². The summed E-state index contributed by atoms with van der Waals surface area (Å²) in [5, 5.41) is 6.46. The molecule has 0 unspecified atom stereocenters. The molecule has 0 aliphatic rings. The normalized spacial score (nSPS) is 10.3. The highest BCUT2D eigenvalue weighted by Crippen LogP contribution is 2.12. The average Bonchev–Trinajstić information content (AvgIpc) is 2.34. The van der Waals surface area contributed by atoms with Gasteiger partial charge in [-0.15, -0.1) is 0 Å². The van der Waals surface area contributed by atoms with Crippen LogP contribution in [0.2, 0.25) is 0 Å². The molecule has 0 saturated carbocycles. The first-order valence-electron chi connectivity index (χ1n) is 6.23. The first-order chi connectivity index (χ1) is 8.30. The quantitative estimate of drug-likeness (QED) is 0.727. The molecule has 0 radical (unpaired) electrons. The van der Waals surface area contributed by atoms with Crippen LogP contribution in [0, 0.1) is 0 Å². The van der Waals surface area contributed by atoms with E-state index >= 15 is 0 Å². The Bertz CT molecular complexity index is 304. The number of ether oxygens (including phenoxy) is 1. The van der Waals surface area contributed by atoms with Crippen molar-refractivity contribution in [3.8, 4) is 0 Å². The number of aromatic nitrogens is 2. The summed E-state index contributed by atoms with van der Waals surface area (Å²) in [5.41, 5.74) is 0. The molecule has 0 atom stereocenters. The van der Waals surface area contributed by atoms with Crippen LogP contribution in [-0.2, 0) is 11.3 Å². The lowest BCUT2D eigenvalue weighted by Crippen LogP contribution is -2.09. The highest BCUT2D eigenvalue weighted by Gasteiger charge is 2.03. The summed E-state index contributed by atoms with van der Waals surface area (Å²) in [4.78, 5) is 8.78. The Balaban J connectivity index is 2.76. The highest BCUT2D eigenvalue weighted by molar-refractivity contribution is 5.47. The van der Waals surface area contributed by atoms with Gasteiger partial charge in [-0.05, 0) is 20.3 Å². The van der Waals surface area contributed by atoms with Gasteiger partial charge in [-0.3, -0.25) is 0 Å². The molecule has 0 bridgehead atoms. The van der Waals surface area contributed by atoms with Crippen molar-refractivity contribution >= 4 is 11.6 Å². The number of hydrogen-bond acceptors (Lipinski definition) is 5. The first-order valence-corrected chi connectivity index (χ1v) is 6.23. The van der Waals surface area contributed by atoms with Crippen molar-refractivity contribution in [1.82, 2.24) is 9.97 Å². The summed E-state index contributed by atoms with van der Waals surface area (Å²) >= 11 is 0. The van der Waals surface area contributed by atoms with Gasteiger partial charge in [-0.1, -0.05) is 6.92 Å². The van der Waals surface area contributed by atoms with Crippen LogP contribution in [0.1, 0.15) is 33.0 Å². The van der Waals surface area contributed by atoms with Crippen molar-refractivity contribution < 1.29 is 4.74 Å². The second kappa shape index (κ2) is 7.84. The summed E-state index contributed by atoms with van der Waals surface area (Å²) in [6.07, 6.45) is 1.07. The van der Waals surface area contributed by atoms with E-state index in [4.69, 9.17) is 4.74 Å². The fourth-order valence-corrected chi connectivity index (χ4v) is 1.37. The van der Waals surface area contributed by atoms with Crippen LogP contribution in [0.5, 0.6) is 0 Å². The van der Waals surface area contributed by atoms with E-state index in [0.717, 1.165) is 31.1 Å². The fourth-order valence-electron chi connectivity index (χ4n) is 1.37. The Hall–Kier alpha value is -1.36. The topological polar surface area (TPSA) is 59.1 Å². The van der Waals surface area contributed by atoms with Crippen LogP contribution in [-0.4, -0.2) is 29.7 Å². The molecule has 0 amide bonds. The molecule has 5 heteroatoms. The van der Waals surface area contributed by atoms with Gasteiger partial charge in [-0.2, -0.15) is 0 Å². The van der Waals surface area contributed by atoms with E-state index < -0.39 is 0 Å². The zero-order chi connectivity index (χ0) is 12.5. The van der Waals surface area contributed by atoms with Gasteiger partial charge in [0.15, 0.2) is 5.82 Å². The summed E-state index contributed by atoms with van der Waals surface area (Å²) in [5.74, 6) is 2.41. The third-order valence-electron chi connectivity index (χ3n) is 2.12. The molecule has 17 heavy (non-hydrogen) atoms. The maximum atomic E-state index is 5.33. The second-order valence-electron chi connectivity index (χ2n) is 3.65. The van der Waals surface area contributed by atoms with Crippen LogP contribution in [0.4, 0.5) is 11.6 Å². The van der Waals surface area contributed by atoms with E-state index in [2.05, 4.69) is 27.5 Å². The number of rotatable bonds is 8. The molecule has 0 fully saturated rings. The predicted molar refractivity (Wildman–Crippen MR) is 70.3 cm³/mol. The van der Waals surface area contributed by atoms with Gasteiger partial charge in [0.25, 0.3) is 0 Å². The number of nitrogens with one attached hydrogen (secondary N) is 2. The molecule has 0 aliphatic heterocycles. The molecular formula is C12H22N4O. The zero-order valence-electron chi connectivity index (χ0n) is 10.9. The van der Waals surface area contributed by atoms with E-state index in [1.807, 2.05) is 19.9 Å². The van der Waals surface area contributed by atoms with Gasteiger partial charge in [0.2, 0.25) is 0 Å². The Kier molecular flexibility index (Phi) is 6.32. The van der Waals surface area contributed by atoms with E-state index in [9.17, 15) is 0 Å². The molecule has 1 aromatic heterocycles. The smallest absolute Gasteiger partial charge is 0.158 e. The van der Waals surface area contributed by atoms with Crippen molar-refractivity contribution in [2.75, 3.05) is 30.3 Å². The monoisotopic (exact) mass is 238 g/mol. The van der Waals surface area contributed by atoms with E-state index in [1.54, 1.807) is 0 Å². The first kappa shape index (κ1) is 13.7. The SMILES string of the molecule is CCCNc1cc(NCC)nc(COCC)n1. The minimum Gasteiger partial charge on any atom is -0.374 e. The summed E-state index contributed by atoms with van der Waals surface area (Å²) < 4.78 is 5.33. The molecule has 96 valence electrons. The van der Waals surface area contributed by atoms with E-state index in [0.29, 0.717) is 19.0 Å². The lowest BCUT2D eigenvalue weighted by molar-refractivity contribution is 0.128. The summed E-state index contributed by atoms with van der Waals surface area (Å²) in [6.45, 7) is 9.02. The molecule has 2 N–H and O–H groups in total. The van der Waals surface area contributed by atoms with Crippen molar-refractivity contribution in [2.45, 2.75) is 33.8 Å². The van der Waals surface area contributed by atoms with Gasteiger partial charge in [0.1, 0.15) is 18.2 Å². The maximum Gasteiger partial charge on any atom is 0.158 e. The van der Waals surface area contributed by atoms with Crippen molar-refractivity contribution in [3.05, 3.63) is 11.9 Å². The Morgan fingerprint density at radius 1 is 1.12 bits per heavy atom. The van der Waals surface area contributed by atoms with Crippen LogP contribution in [0.15, 0.2) is 6.07 Å². The average molecular weight is 238 g/mol. The van der Waals surface area contributed by atoms with Crippen molar-refractivity contribution in [2.24, 2.45) is 0 Å². The molecule has 1 aromatic rings. The minimum absolute atomic E-state index is 0.455. The van der Waals surface area contributed by atoms with Gasteiger partial charge in [0.05, 0.1) is 0 Å². The third-order valence-corrected chi connectivity index (χ3v) is 2.12. The molecule has 1 rings (SSSR count). The molecular weight excluding hydrogens is 216 g/mol. The Morgan fingerprint density at radius 3 is 2.41 bits per heavy atom. The number of nitrogens with zero attached hydrogens (tertiary/aromatic N) is 2. The molecule has 0 aromatic carbocycles. The zero-order valence-corrected chi connectivity index (χ0v) is 10.9. The Labute approximate surface area is 103 Å². The number of hydrogen-bond donors (Lipinski definition) is 2. The summed E-state index contributed by atoms with van der Waals surface area (Å²) in [7, 11) is 0.